The summed E-state index contributed by atoms with van der Waals surface area (Å²) in [5.41, 5.74) is -2.81. The normalized spacial score (nSPS) is 18.0. The van der Waals surface area contributed by atoms with Gasteiger partial charge in [-0.3, -0.25) is 4.79 Å². The first-order chi connectivity index (χ1) is 15.9. The second-order valence-electron chi connectivity index (χ2n) is 6.98. The molecule has 1 saturated heterocycles. The fourth-order valence-electron chi connectivity index (χ4n) is 3.26. The van der Waals surface area contributed by atoms with Crippen LogP contribution in [0.1, 0.15) is 22.3 Å². The number of nitriles is 3. The van der Waals surface area contributed by atoms with E-state index >= 15 is 0 Å². The third-order valence-corrected chi connectivity index (χ3v) is 4.80. The number of hydrogen-bond donors (Lipinski definition) is 1. The first-order valence-corrected chi connectivity index (χ1v) is 9.24. The predicted molar refractivity (Wildman–Crippen MR) is 103 cm³/mol. The van der Waals surface area contributed by atoms with E-state index in [0.29, 0.717) is 11.0 Å². The van der Waals surface area contributed by atoms with Crippen LogP contribution in [0.2, 0.25) is 0 Å². The van der Waals surface area contributed by atoms with Crippen molar-refractivity contribution in [2.45, 2.75) is 24.7 Å². The molecular weight excluding hydrogens is 468 g/mol. The van der Waals surface area contributed by atoms with E-state index in [1.54, 1.807) is 12.1 Å². The molecule has 1 N–H and O–H groups in total. The summed E-state index contributed by atoms with van der Waals surface area (Å²) >= 11 is 0. The van der Waals surface area contributed by atoms with Crippen LogP contribution in [-0.4, -0.2) is 31.0 Å². The van der Waals surface area contributed by atoms with Crippen molar-refractivity contribution in [3.05, 3.63) is 58.7 Å². The molecule has 1 fully saturated rings. The molecule has 1 aliphatic rings. The average Bonchev–Trinajstić information content (AvgIpc) is 3.24. The summed E-state index contributed by atoms with van der Waals surface area (Å²) in [5, 5.41) is 29.1. The molecule has 174 valence electrons. The molecule has 1 amide bonds. The van der Waals surface area contributed by atoms with Crippen LogP contribution >= 0.6 is 0 Å². The summed E-state index contributed by atoms with van der Waals surface area (Å²) in [4.78, 5) is 13.0. The molecule has 34 heavy (non-hydrogen) atoms. The Kier molecular flexibility index (Phi) is 6.40. The molecule has 7 nitrogen and oxygen atoms in total. The lowest BCUT2D eigenvalue weighted by Crippen LogP contribution is -2.42. The Bertz CT molecular complexity index is 1250. The predicted octanol–water partition coefficient (Wildman–Crippen LogP) is 4.05. The maximum atomic E-state index is 13.6. The van der Waals surface area contributed by atoms with Gasteiger partial charge in [0.2, 0.25) is 6.23 Å². The highest BCUT2D eigenvalue weighted by molar-refractivity contribution is 5.95. The van der Waals surface area contributed by atoms with Gasteiger partial charge in [-0.2, -0.15) is 42.1 Å². The number of ether oxygens (including phenoxy) is 1. The molecule has 2 unspecified atom stereocenters. The van der Waals surface area contributed by atoms with Gasteiger partial charge in [-0.05, 0) is 36.4 Å². The van der Waals surface area contributed by atoms with Crippen molar-refractivity contribution in [3.8, 4) is 18.2 Å². The van der Waals surface area contributed by atoms with Crippen LogP contribution in [0.25, 0.3) is 0 Å². The summed E-state index contributed by atoms with van der Waals surface area (Å²) in [7, 11) is 0. The van der Waals surface area contributed by atoms with Crippen molar-refractivity contribution in [2.75, 3.05) is 16.8 Å². The Balaban J connectivity index is 1.91. The number of benzene rings is 2. The third-order valence-electron chi connectivity index (χ3n) is 4.80. The number of carbonyl (C=O) groups excluding carboxylic acids is 1. The number of rotatable bonds is 3. The fourth-order valence-corrected chi connectivity index (χ4v) is 3.26. The number of nitrogens with zero attached hydrogens (tertiary/aromatic N) is 4. The monoisotopic (exact) mass is 479 g/mol. The lowest BCUT2D eigenvalue weighted by atomic mass is 10.1. The van der Waals surface area contributed by atoms with Crippen LogP contribution in [0, 0.1) is 34.0 Å². The van der Waals surface area contributed by atoms with E-state index in [1.165, 1.54) is 18.2 Å². The maximum absolute atomic E-state index is 13.6. The van der Waals surface area contributed by atoms with Gasteiger partial charge in [-0.25, -0.2) is 0 Å². The zero-order valence-corrected chi connectivity index (χ0v) is 16.7. The average molecular weight is 479 g/mol. The quantitative estimate of drug-likeness (QED) is 0.665. The molecule has 0 bridgehead atoms. The summed E-state index contributed by atoms with van der Waals surface area (Å²) in [6, 6.07) is 10.5. The van der Waals surface area contributed by atoms with Gasteiger partial charge < -0.3 is 15.0 Å². The van der Waals surface area contributed by atoms with Crippen LogP contribution in [0.4, 0.5) is 37.7 Å². The van der Waals surface area contributed by atoms with E-state index in [-0.39, 0.29) is 16.8 Å². The number of anilines is 2. The SMILES string of the molecule is N#Cc1ccc(NC(=O)C2CN(c3ccc(C#N)c(C(F)(F)F)c3)C(C(F)(F)F)O2)cc1C#N. The van der Waals surface area contributed by atoms with E-state index < -0.39 is 54.0 Å². The van der Waals surface area contributed by atoms with Gasteiger partial charge >= 0.3 is 12.4 Å². The van der Waals surface area contributed by atoms with E-state index in [0.717, 1.165) is 18.2 Å². The van der Waals surface area contributed by atoms with Crippen molar-refractivity contribution in [3.63, 3.8) is 0 Å². The summed E-state index contributed by atoms with van der Waals surface area (Å²) in [6.07, 6.45) is -14.5. The molecule has 0 radical (unpaired) electrons. The summed E-state index contributed by atoms with van der Waals surface area (Å²) in [5.74, 6) is -1.05. The van der Waals surface area contributed by atoms with Crippen LogP contribution in [0.5, 0.6) is 0 Å². The highest BCUT2D eigenvalue weighted by Gasteiger charge is 2.52. The van der Waals surface area contributed by atoms with Crippen molar-refractivity contribution < 1.29 is 35.9 Å². The highest BCUT2D eigenvalue weighted by atomic mass is 19.4. The number of alkyl halides is 6. The molecule has 1 heterocycles. The third kappa shape index (κ3) is 4.87. The molecule has 2 aromatic rings. The van der Waals surface area contributed by atoms with Crippen LogP contribution in [0.3, 0.4) is 0 Å². The zero-order chi connectivity index (χ0) is 25.3. The van der Waals surface area contributed by atoms with Crippen molar-refractivity contribution in [1.29, 1.82) is 15.8 Å². The van der Waals surface area contributed by atoms with E-state index in [2.05, 4.69) is 5.32 Å². The largest absolute Gasteiger partial charge is 0.433 e. The number of amides is 1. The topological polar surface area (TPSA) is 113 Å². The standard InChI is InChI=1S/C21H11F6N5O2/c22-20(23,24)16-6-15(4-2-12(16)8-29)32-10-17(34-19(32)21(25,26)27)18(33)31-14-3-1-11(7-28)13(5-14)9-30/h1-6,17,19H,10H2,(H,31,33). The van der Waals surface area contributed by atoms with Gasteiger partial charge in [-0.15, -0.1) is 0 Å². The maximum Gasteiger partial charge on any atom is 0.433 e. The second-order valence-corrected chi connectivity index (χ2v) is 6.98. The first kappa shape index (κ1) is 24.4. The van der Waals surface area contributed by atoms with E-state index in [1.807, 2.05) is 0 Å². The summed E-state index contributed by atoms with van der Waals surface area (Å²) < 4.78 is 85.4. The number of carbonyl (C=O) groups is 1. The lowest BCUT2D eigenvalue weighted by molar-refractivity contribution is -0.212. The molecular formula is C21H11F6N5O2. The van der Waals surface area contributed by atoms with Crippen molar-refractivity contribution in [2.24, 2.45) is 0 Å². The Morgan fingerprint density at radius 3 is 2.12 bits per heavy atom. The van der Waals surface area contributed by atoms with Gasteiger partial charge in [0.05, 0.1) is 34.9 Å². The molecule has 13 heteroatoms. The number of halogens is 6. The van der Waals surface area contributed by atoms with Gasteiger partial charge in [0.15, 0.2) is 6.10 Å². The first-order valence-electron chi connectivity index (χ1n) is 9.24. The van der Waals surface area contributed by atoms with E-state index in [4.69, 9.17) is 20.5 Å². The number of nitrogens with one attached hydrogen (secondary N) is 1. The minimum Gasteiger partial charge on any atom is -0.335 e. The van der Waals surface area contributed by atoms with Crippen LogP contribution < -0.4 is 10.2 Å². The van der Waals surface area contributed by atoms with E-state index in [9.17, 15) is 31.1 Å². The molecule has 2 aromatic carbocycles. The Morgan fingerprint density at radius 2 is 1.56 bits per heavy atom. The molecule has 2 atom stereocenters. The van der Waals surface area contributed by atoms with Gasteiger partial charge in [-0.1, -0.05) is 0 Å². The zero-order valence-electron chi connectivity index (χ0n) is 16.7. The number of hydrogen-bond acceptors (Lipinski definition) is 6. The molecule has 0 aromatic heterocycles. The smallest absolute Gasteiger partial charge is 0.335 e. The van der Waals surface area contributed by atoms with Crippen molar-refractivity contribution in [1.82, 2.24) is 0 Å². The Labute approximate surface area is 188 Å². The van der Waals surface area contributed by atoms with Gasteiger partial charge in [0.25, 0.3) is 5.91 Å². The fraction of sp³-hybridized carbons (Fsp3) is 0.238. The molecule has 1 aliphatic heterocycles. The second kappa shape index (κ2) is 8.93. The van der Waals surface area contributed by atoms with Crippen molar-refractivity contribution >= 4 is 17.3 Å². The molecule has 0 saturated carbocycles. The Morgan fingerprint density at radius 1 is 0.941 bits per heavy atom. The molecule has 3 rings (SSSR count). The highest BCUT2D eigenvalue weighted by Crippen LogP contribution is 2.39. The minimum absolute atomic E-state index is 0.00360. The minimum atomic E-state index is -5.07. The molecule has 0 spiro atoms. The Hall–Kier alpha value is -4.28. The van der Waals surface area contributed by atoms with Crippen LogP contribution in [0.15, 0.2) is 36.4 Å². The lowest BCUT2D eigenvalue weighted by Gasteiger charge is -2.27. The van der Waals surface area contributed by atoms with Gasteiger partial charge in [0, 0.05) is 11.4 Å². The molecule has 0 aliphatic carbocycles. The van der Waals surface area contributed by atoms with Gasteiger partial charge in [0.1, 0.15) is 12.1 Å². The van der Waals surface area contributed by atoms with Crippen LogP contribution in [-0.2, 0) is 15.7 Å². The summed E-state index contributed by atoms with van der Waals surface area (Å²) in [6.45, 7) is -0.749.